The van der Waals surface area contributed by atoms with E-state index >= 15 is 0 Å². The molecule has 0 radical (unpaired) electrons. The van der Waals surface area contributed by atoms with Crippen molar-refractivity contribution < 1.29 is 4.79 Å². The fourth-order valence-electron chi connectivity index (χ4n) is 6.70. The van der Waals surface area contributed by atoms with Crippen LogP contribution in [0.3, 0.4) is 0 Å². The average molecular weight is 564 g/mol. The highest BCUT2D eigenvalue weighted by Gasteiger charge is 2.43. The van der Waals surface area contributed by atoms with Crippen LogP contribution in [0.5, 0.6) is 0 Å². The predicted octanol–water partition coefficient (Wildman–Crippen LogP) is 11.5. The van der Waals surface area contributed by atoms with Gasteiger partial charge in [-0.1, -0.05) is 156 Å². The lowest BCUT2D eigenvalue weighted by atomic mass is 9.67. The Kier molecular flexibility index (Phi) is 12.9. The van der Waals surface area contributed by atoms with Crippen LogP contribution in [-0.4, -0.2) is 5.91 Å². The van der Waals surface area contributed by atoms with Crippen molar-refractivity contribution in [3.05, 3.63) is 114 Å². The monoisotopic (exact) mass is 563 g/mol. The molecule has 1 heterocycles. The molecule has 224 valence electrons. The molecule has 0 aliphatic carbocycles. The van der Waals surface area contributed by atoms with Gasteiger partial charge in [-0.15, -0.1) is 0 Å². The van der Waals surface area contributed by atoms with E-state index in [0.29, 0.717) is 6.42 Å². The van der Waals surface area contributed by atoms with E-state index in [1.807, 2.05) is 0 Å². The van der Waals surface area contributed by atoms with Gasteiger partial charge < -0.3 is 4.90 Å². The number of hydrogen-bond donors (Lipinski definition) is 0. The fraction of sp³-hybridized carbons (Fsp3) is 0.475. The van der Waals surface area contributed by atoms with Gasteiger partial charge in [-0.05, 0) is 61.3 Å². The van der Waals surface area contributed by atoms with Crippen LogP contribution >= 0.6 is 0 Å². The first-order chi connectivity index (χ1) is 20.6. The third-order valence-corrected chi connectivity index (χ3v) is 9.19. The summed E-state index contributed by atoms with van der Waals surface area (Å²) in [5.74, 6) is 0.254. The summed E-state index contributed by atoms with van der Waals surface area (Å²) >= 11 is 0. The number of benzene rings is 3. The molecule has 3 aromatic rings. The highest BCUT2D eigenvalue weighted by molar-refractivity contribution is 5.96. The summed E-state index contributed by atoms with van der Waals surface area (Å²) in [7, 11) is 0. The van der Waals surface area contributed by atoms with Gasteiger partial charge in [0.15, 0.2) is 0 Å². The number of carbonyl (C=O) groups is 1. The highest BCUT2D eigenvalue weighted by atomic mass is 16.2. The number of hydrogen-bond acceptors (Lipinski definition) is 1. The summed E-state index contributed by atoms with van der Waals surface area (Å²) in [6, 6.07) is 30.1. The first-order valence-electron chi connectivity index (χ1n) is 16.8. The number of unbranched alkanes of at least 4 members (excludes halogenated alkanes) is 11. The van der Waals surface area contributed by atoms with Crippen LogP contribution in [0.15, 0.2) is 97.1 Å². The number of rotatable bonds is 17. The zero-order chi connectivity index (χ0) is 29.5. The van der Waals surface area contributed by atoms with Crippen LogP contribution < -0.4 is 4.90 Å². The molecule has 0 saturated heterocycles. The minimum Gasteiger partial charge on any atom is -0.305 e. The molecule has 2 atom stereocenters. The van der Waals surface area contributed by atoms with Gasteiger partial charge in [-0.2, -0.15) is 0 Å². The second-order valence-corrected chi connectivity index (χ2v) is 12.4. The van der Waals surface area contributed by atoms with Crippen LogP contribution in [-0.2, 0) is 10.2 Å². The van der Waals surface area contributed by atoms with Crippen molar-refractivity contribution in [2.75, 3.05) is 4.90 Å². The minimum atomic E-state index is -0.168. The topological polar surface area (TPSA) is 20.3 Å². The molecule has 0 aromatic heterocycles. The minimum absolute atomic E-state index is 0.0157. The maximum absolute atomic E-state index is 13.9. The van der Waals surface area contributed by atoms with E-state index in [-0.39, 0.29) is 17.4 Å². The van der Waals surface area contributed by atoms with Crippen LogP contribution in [0.25, 0.3) is 0 Å². The van der Waals surface area contributed by atoms with E-state index in [4.69, 9.17) is 0 Å². The smallest absolute Gasteiger partial charge is 0.227 e. The summed E-state index contributed by atoms with van der Waals surface area (Å²) < 4.78 is 0. The summed E-state index contributed by atoms with van der Waals surface area (Å²) in [6.45, 7) is 4.63. The number of fused-ring (bicyclic) bond motifs is 1. The molecule has 2 nitrogen and oxygen atoms in total. The van der Waals surface area contributed by atoms with E-state index < -0.39 is 0 Å². The molecule has 1 amide bonds. The second kappa shape index (κ2) is 17.1. The van der Waals surface area contributed by atoms with E-state index in [0.717, 1.165) is 24.9 Å². The van der Waals surface area contributed by atoms with Gasteiger partial charge in [0.05, 0.1) is 6.04 Å². The SMILES string of the molecule is CCCCCCCCC=CCCCCCCCC(=O)N1c2ccccc2C(C)(c2ccccc2)CC1c1ccccc1. The maximum Gasteiger partial charge on any atom is 0.227 e. The number of nitrogens with zero attached hydrogens (tertiary/aromatic N) is 1. The van der Waals surface area contributed by atoms with E-state index in [9.17, 15) is 4.79 Å². The number of amides is 1. The largest absolute Gasteiger partial charge is 0.305 e. The molecule has 2 unspecified atom stereocenters. The van der Waals surface area contributed by atoms with E-state index in [2.05, 4.69) is 116 Å². The van der Waals surface area contributed by atoms with Crippen molar-refractivity contribution in [3.8, 4) is 0 Å². The molecule has 0 spiro atoms. The van der Waals surface area contributed by atoms with Crippen molar-refractivity contribution in [2.45, 2.75) is 122 Å². The van der Waals surface area contributed by atoms with Gasteiger partial charge >= 0.3 is 0 Å². The van der Waals surface area contributed by atoms with Gasteiger partial charge in [0.25, 0.3) is 0 Å². The first kappa shape index (κ1) is 31.8. The summed E-state index contributed by atoms with van der Waals surface area (Å²) in [4.78, 5) is 16.1. The Balaban J connectivity index is 1.30. The molecule has 0 saturated carbocycles. The molecule has 2 heteroatoms. The molecule has 1 aliphatic rings. The van der Waals surface area contributed by atoms with Crippen molar-refractivity contribution in [2.24, 2.45) is 0 Å². The highest BCUT2D eigenvalue weighted by Crippen LogP contribution is 2.51. The average Bonchev–Trinajstić information content (AvgIpc) is 3.03. The molecule has 0 bridgehead atoms. The molecule has 0 fully saturated rings. The Hall–Kier alpha value is -3.13. The van der Waals surface area contributed by atoms with E-state index in [1.54, 1.807) is 0 Å². The predicted molar refractivity (Wildman–Crippen MR) is 180 cm³/mol. The number of para-hydroxylation sites is 1. The van der Waals surface area contributed by atoms with Crippen LogP contribution in [0.1, 0.15) is 133 Å². The lowest BCUT2D eigenvalue weighted by Gasteiger charge is -2.47. The zero-order valence-corrected chi connectivity index (χ0v) is 26.3. The van der Waals surface area contributed by atoms with Gasteiger partial charge in [-0.3, -0.25) is 4.79 Å². The van der Waals surface area contributed by atoms with Crippen molar-refractivity contribution in [1.29, 1.82) is 0 Å². The normalized spacial score (nSPS) is 18.3. The quantitative estimate of drug-likeness (QED) is 0.118. The summed E-state index contributed by atoms with van der Waals surface area (Å²) in [5, 5.41) is 0. The maximum atomic E-state index is 13.9. The zero-order valence-electron chi connectivity index (χ0n) is 26.3. The van der Waals surface area contributed by atoms with Crippen molar-refractivity contribution >= 4 is 11.6 Å². The lowest BCUT2D eigenvalue weighted by Crippen LogP contribution is -2.44. The van der Waals surface area contributed by atoms with Gasteiger partial charge in [0.2, 0.25) is 5.91 Å². The molecule has 1 aliphatic heterocycles. The standard InChI is InChI=1S/C40H53NO/c1-3-4-5-6-7-8-9-10-11-12-13-14-15-16-23-32-39(42)41-37-31-25-24-30-36(37)40(2,35-28-21-18-22-29-35)33-38(41)34-26-19-17-20-27-34/h10-11,17-22,24-31,38H,3-9,12-16,23,32-33H2,1-2H3. The third kappa shape index (κ3) is 8.69. The first-order valence-corrected chi connectivity index (χ1v) is 16.8. The summed E-state index contributed by atoms with van der Waals surface area (Å²) in [6.07, 6.45) is 22.7. The lowest BCUT2D eigenvalue weighted by molar-refractivity contribution is -0.119. The second-order valence-electron chi connectivity index (χ2n) is 12.4. The van der Waals surface area contributed by atoms with Gasteiger partial charge in [0, 0.05) is 17.5 Å². The number of allylic oxidation sites excluding steroid dienone is 2. The van der Waals surface area contributed by atoms with Crippen molar-refractivity contribution in [1.82, 2.24) is 0 Å². The van der Waals surface area contributed by atoms with Crippen LogP contribution in [0, 0.1) is 0 Å². The Labute approximate surface area is 256 Å². The molecule has 4 rings (SSSR count). The Bertz CT molecular complexity index is 1220. The fourth-order valence-corrected chi connectivity index (χ4v) is 6.70. The molecule has 0 N–H and O–H groups in total. The third-order valence-electron chi connectivity index (χ3n) is 9.19. The van der Waals surface area contributed by atoms with Crippen molar-refractivity contribution in [3.63, 3.8) is 0 Å². The summed E-state index contributed by atoms with van der Waals surface area (Å²) in [5.41, 5.74) is 4.68. The molecule has 3 aromatic carbocycles. The molecular formula is C40H53NO. The van der Waals surface area contributed by atoms with E-state index in [1.165, 1.54) is 87.3 Å². The Morgan fingerprint density at radius 2 is 1.26 bits per heavy atom. The molecular weight excluding hydrogens is 510 g/mol. The van der Waals surface area contributed by atoms with Crippen LogP contribution in [0.4, 0.5) is 5.69 Å². The van der Waals surface area contributed by atoms with Gasteiger partial charge in [-0.25, -0.2) is 0 Å². The molecule has 42 heavy (non-hydrogen) atoms. The number of anilines is 1. The Morgan fingerprint density at radius 1 is 0.714 bits per heavy atom. The van der Waals surface area contributed by atoms with Gasteiger partial charge in [0.1, 0.15) is 0 Å². The van der Waals surface area contributed by atoms with Crippen LogP contribution in [0.2, 0.25) is 0 Å². The Morgan fingerprint density at radius 3 is 1.93 bits per heavy atom. The number of carbonyl (C=O) groups excluding carboxylic acids is 1.